The first-order valence-electron chi connectivity index (χ1n) is 4.30. The average molecular weight is 181 g/mol. The summed E-state index contributed by atoms with van der Waals surface area (Å²) in [6.07, 6.45) is 1.25. The topological polar surface area (TPSA) is 85.2 Å². The molecule has 0 bridgehead atoms. The smallest absolute Gasteiger partial charge is 0.123 e. The second-order valence-electron chi connectivity index (χ2n) is 3.03. The second kappa shape index (κ2) is 4.79. The first kappa shape index (κ1) is 9.95. The minimum absolute atomic E-state index is 0.0423. The largest absolute Gasteiger partial charge is 0.396 e. The maximum absolute atomic E-state index is 8.64. The van der Waals surface area contributed by atoms with Gasteiger partial charge in [-0.25, -0.2) is 4.98 Å². The first-order valence-corrected chi connectivity index (χ1v) is 4.30. The van der Waals surface area contributed by atoms with Crippen molar-refractivity contribution in [3.63, 3.8) is 0 Å². The summed E-state index contributed by atoms with van der Waals surface area (Å²) in [5.41, 5.74) is 12.1. The van der Waals surface area contributed by atoms with Crippen molar-refractivity contribution in [3.05, 3.63) is 23.9 Å². The van der Waals surface area contributed by atoms with E-state index in [1.165, 1.54) is 0 Å². The SMILES string of the molecule is Nc1cccc(CC(N)CCO)n1. The molecule has 0 aliphatic carbocycles. The fourth-order valence-corrected chi connectivity index (χ4v) is 1.15. The van der Waals surface area contributed by atoms with Crippen LogP contribution in [0, 0.1) is 0 Å². The Hall–Kier alpha value is -1.13. The quantitative estimate of drug-likeness (QED) is 0.606. The lowest BCUT2D eigenvalue weighted by Gasteiger charge is -2.08. The Balaban J connectivity index is 2.53. The third kappa shape index (κ3) is 3.40. The number of aliphatic hydroxyl groups excluding tert-OH is 1. The van der Waals surface area contributed by atoms with Crippen molar-refractivity contribution >= 4 is 5.82 Å². The van der Waals surface area contributed by atoms with Crippen LogP contribution in [0.2, 0.25) is 0 Å². The van der Waals surface area contributed by atoms with Crippen molar-refractivity contribution in [2.45, 2.75) is 18.9 Å². The first-order chi connectivity index (χ1) is 6.22. The van der Waals surface area contributed by atoms with Crippen LogP contribution in [0.1, 0.15) is 12.1 Å². The van der Waals surface area contributed by atoms with Gasteiger partial charge in [0.15, 0.2) is 0 Å². The van der Waals surface area contributed by atoms with Gasteiger partial charge in [0.2, 0.25) is 0 Å². The summed E-state index contributed by atoms with van der Waals surface area (Å²) >= 11 is 0. The Morgan fingerprint density at radius 3 is 2.85 bits per heavy atom. The van der Waals surface area contributed by atoms with E-state index in [0.717, 1.165) is 5.69 Å². The molecule has 4 heteroatoms. The number of anilines is 1. The summed E-state index contributed by atoms with van der Waals surface area (Å²) in [6, 6.07) is 5.43. The maximum atomic E-state index is 8.64. The minimum Gasteiger partial charge on any atom is -0.396 e. The maximum Gasteiger partial charge on any atom is 0.123 e. The second-order valence-corrected chi connectivity index (χ2v) is 3.03. The molecule has 1 heterocycles. The van der Waals surface area contributed by atoms with E-state index in [4.69, 9.17) is 16.6 Å². The molecule has 1 rings (SSSR count). The van der Waals surface area contributed by atoms with Gasteiger partial charge in [0, 0.05) is 24.8 Å². The fraction of sp³-hybridized carbons (Fsp3) is 0.444. The number of aromatic nitrogens is 1. The molecule has 1 atom stereocenters. The zero-order valence-electron chi connectivity index (χ0n) is 7.48. The molecular weight excluding hydrogens is 166 g/mol. The van der Waals surface area contributed by atoms with E-state index in [9.17, 15) is 0 Å². The highest BCUT2D eigenvalue weighted by atomic mass is 16.3. The molecule has 1 unspecified atom stereocenters. The van der Waals surface area contributed by atoms with Gasteiger partial charge in [-0.05, 0) is 18.6 Å². The van der Waals surface area contributed by atoms with Crippen LogP contribution in [0.15, 0.2) is 18.2 Å². The van der Waals surface area contributed by atoms with E-state index in [1.807, 2.05) is 12.1 Å². The fourth-order valence-electron chi connectivity index (χ4n) is 1.15. The molecule has 1 aromatic rings. The number of hydrogen-bond donors (Lipinski definition) is 3. The highest BCUT2D eigenvalue weighted by Gasteiger charge is 2.04. The van der Waals surface area contributed by atoms with E-state index in [-0.39, 0.29) is 12.6 Å². The summed E-state index contributed by atoms with van der Waals surface area (Å²) in [5, 5.41) is 8.64. The number of hydrogen-bond acceptors (Lipinski definition) is 4. The summed E-state index contributed by atoms with van der Waals surface area (Å²) < 4.78 is 0. The molecule has 0 aliphatic heterocycles. The average Bonchev–Trinajstić information content (AvgIpc) is 2.04. The van der Waals surface area contributed by atoms with Gasteiger partial charge in [-0.1, -0.05) is 6.07 Å². The van der Waals surface area contributed by atoms with Crippen molar-refractivity contribution in [1.29, 1.82) is 0 Å². The number of nitrogens with two attached hydrogens (primary N) is 2. The van der Waals surface area contributed by atoms with Crippen LogP contribution in [0.3, 0.4) is 0 Å². The van der Waals surface area contributed by atoms with Gasteiger partial charge in [-0.2, -0.15) is 0 Å². The van der Waals surface area contributed by atoms with E-state index < -0.39 is 0 Å². The zero-order chi connectivity index (χ0) is 9.68. The van der Waals surface area contributed by atoms with Crippen LogP contribution in [-0.4, -0.2) is 22.7 Å². The van der Waals surface area contributed by atoms with Gasteiger partial charge < -0.3 is 16.6 Å². The Labute approximate surface area is 77.6 Å². The van der Waals surface area contributed by atoms with Crippen molar-refractivity contribution in [2.24, 2.45) is 5.73 Å². The summed E-state index contributed by atoms with van der Waals surface area (Å²) in [5.74, 6) is 0.508. The normalized spacial score (nSPS) is 12.8. The van der Waals surface area contributed by atoms with Crippen LogP contribution in [0.25, 0.3) is 0 Å². The van der Waals surface area contributed by atoms with E-state index in [2.05, 4.69) is 4.98 Å². The van der Waals surface area contributed by atoms with E-state index in [0.29, 0.717) is 18.7 Å². The van der Waals surface area contributed by atoms with Gasteiger partial charge in [0.25, 0.3) is 0 Å². The molecule has 4 nitrogen and oxygen atoms in total. The molecule has 0 radical (unpaired) electrons. The summed E-state index contributed by atoms with van der Waals surface area (Å²) in [6.45, 7) is 0.115. The molecule has 5 N–H and O–H groups in total. The zero-order valence-corrected chi connectivity index (χ0v) is 7.48. The number of nitrogen functional groups attached to an aromatic ring is 1. The van der Waals surface area contributed by atoms with Crippen LogP contribution in [0.4, 0.5) is 5.82 Å². The van der Waals surface area contributed by atoms with Gasteiger partial charge in [0.05, 0.1) is 0 Å². The van der Waals surface area contributed by atoms with Crippen molar-refractivity contribution < 1.29 is 5.11 Å². The summed E-state index contributed by atoms with van der Waals surface area (Å²) in [4.78, 5) is 4.11. The minimum atomic E-state index is -0.0423. The van der Waals surface area contributed by atoms with Gasteiger partial charge in [0.1, 0.15) is 5.82 Å². The van der Waals surface area contributed by atoms with Crippen LogP contribution in [0.5, 0.6) is 0 Å². The Morgan fingerprint density at radius 2 is 2.23 bits per heavy atom. The Kier molecular flexibility index (Phi) is 3.67. The van der Waals surface area contributed by atoms with Crippen molar-refractivity contribution in [3.8, 4) is 0 Å². The predicted octanol–water partition coefficient (Wildman–Crippen LogP) is -0.0840. The van der Waals surface area contributed by atoms with Crippen molar-refractivity contribution in [2.75, 3.05) is 12.3 Å². The van der Waals surface area contributed by atoms with Gasteiger partial charge in [-0.3, -0.25) is 0 Å². The number of nitrogens with zero attached hydrogens (tertiary/aromatic N) is 1. The summed E-state index contributed by atoms with van der Waals surface area (Å²) in [7, 11) is 0. The number of pyridine rings is 1. The van der Waals surface area contributed by atoms with Gasteiger partial charge in [-0.15, -0.1) is 0 Å². The molecule has 1 aromatic heterocycles. The van der Waals surface area contributed by atoms with E-state index >= 15 is 0 Å². The molecule has 0 saturated carbocycles. The predicted molar refractivity (Wildman–Crippen MR) is 52.0 cm³/mol. The van der Waals surface area contributed by atoms with E-state index in [1.54, 1.807) is 6.07 Å². The Bertz CT molecular complexity index is 265. The third-order valence-corrected chi connectivity index (χ3v) is 1.80. The third-order valence-electron chi connectivity index (χ3n) is 1.80. The molecule has 0 saturated heterocycles. The van der Waals surface area contributed by atoms with Crippen LogP contribution < -0.4 is 11.5 Å². The van der Waals surface area contributed by atoms with Gasteiger partial charge >= 0.3 is 0 Å². The number of rotatable bonds is 4. The highest BCUT2D eigenvalue weighted by Crippen LogP contribution is 2.04. The van der Waals surface area contributed by atoms with Crippen LogP contribution >= 0.6 is 0 Å². The molecule has 0 amide bonds. The number of aliphatic hydroxyl groups is 1. The highest BCUT2D eigenvalue weighted by molar-refractivity contribution is 5.28. The molecule has 0 fully saturated rings. The molecular formula is C9H15N3O. The standard InChI is InChI=1S/C9H15N3O/c10-7(4-5-13)6-8-2-1-3-9(11)12-8/h1-3,7,13H,4-6,10H2,(H2,11,12). The lowest BCUT2D eigenvalue weighted by molar-refractivity contribution is 0.275. The van der Waals surface area contributed by atoms with Crippen molar-refractivity contribution in [1.82, 2.24) is 4.98 Å². The molecule has 0 aliphatic rings. The lowest BCUT2D eigenvalue weighted by atomic mass is 10.1. The molecule has 13 heavy (non-hydrogen) atoms. The molecule has 0 spiro atoms. The molecule has 0 aromatic carbocycles. The lowest BCUT2D eigenvalue weighted by Crippen LogP contribution is -2.24. The molecule has 72 valence electrons. The monoisotopic (exact) mass is 181 g/mol. The Morgan fingerprint density at radius 1 is 1.46 bits per heavy atom. The van der Waals surface area contributed by atoms with Crippen LogP contribution in [-0.2, 0) is 6.42 Å².